The van der Waals surface area contributed by atoms with Crippen molar-refractivity contribution in [1.82, 2.24) is 25.1 Å². The zero-order valence-electron chi connectivity index (χ0n) is 19.6. The van der Waals surface area contributed by atoms with Gasteiger partial charge in [0.25, 0.3) is 0 Å². The number of halogens is 1. The molecule has 2 aromatic carbocycles. The molecule has 1 fully saturated rings. The fourth-order valence-electron chi connectivity index (χ4n) is 4.92. The fraction of sp³-hybridized carbons (Fsp3) is 0.333. The van der Waals surface area contributed by atoms with E-state index in [0.717, 1.165) is 55.7 Å². The van der Waals surface area contributed by atoms with E-state index < -0.39 is 11.4 Å². The zero-order valence-corrected chi connectivity index (χ0v) is 19.6. The molecule has 0 saturated heterocycles. The SMILES string of the molecule is CCc1cc(O)ccc1-c1ccc2c(-c3ncc(C4=CCN(CCC5(O)CC5)C4)[nH]3)[nH]nc2c1F. The highest BCUT2D eigenvalue weighted by molar-refractivity contribution is 5.95. The minimum Gasteiger partial charge on any atom is -0.508 e. The van der Waals surface area contributed by atoms with Gasteiger partial charge in [0.2, 0.25) is 0 Å². The monoisotopic (exact) mass is 473 g/mol. The fourth-order valence-corrected chi connectivity index (χ4v) is 4.92. The summed E-state index contributed by atoms with van der Waals surface area (Å²) in [5, 5.41) is 27.8. The molecule has 2 aliphatic rings. The number of nitrogens with zero attached hydrogens (tertiary/aromatic N) is 3. The van der Waals surface area contributed by atoms with Crippen LogP contribution in [0.3, 0.4) is 0 Å². The predicted octanol–water partition coefficient (Wildman–Crippen LogP) is 4.64. The molecule has 1 aliphatic carbocycles. The zero-order chi connectivity index (χ0) is 24.2. The summed E-state index contributed by atoms with van der Waals surface area (Å²) in [7, 11) is 0. The normalized spacial score (nSPS) is 17.3. The van der Waals surface area contributed by atoms with Gasteiger partial charge in [0, 0.05) is 30.6 Å². The first-order chi connectivity index (χ1) is 16.9. The number of nitrogens with one attached hydrogen (secondary N) is 2. The smallest absolute Gasteiger partial charge is 0.159 e. The Morgan fingerprint density at radius 2 is 2.00 bits per heavy atom. The summed E-state index contributed by atoms with van der Waals surface area (Å²) < 4.78 is 15.5. The number of aromatic nitrogens is 4. The largest absolute Gasteiger partial charge is 0.508 e. The topological polar surface area (TPSA) is 101 Å². The number of rotatable bonds is 7. The summed E-state index contributed by atoms with van der Waals surface area (Å²) in [5.74, 6) is 0.382. The third kappa shape index (κ3) is 4.02. The molecule has 0 unspecified atom stereocenters. The Kier molecular flexibility index (Phi) is 5.23. The molecule has 7 nitrogen and oxygen atoms in total. The highest BCUT2D eigenvalue weighted by Crippen LogP contribution is 2.39. The van der Waals surface area contributed by atoms with Crippen molar-refractivity contribution >= 4 is 16.5 Å². The van der Waals surface area contributed by atoms with E-state index in [1.807, 2.05) is 13.0 Å². The minimum absolute atomic E-state index is 0.170. The molecule has 1 saturated carbocycles. The lowest BCUT2D eigenvalue weighted by molar-refractivity contribution is 0.125. The molecule has 2 aromatic heterocycles. The van der Waals surface area contributed by atoms with E-state index in [2.05, 4.69) is 31.1 Å². The lowest BCUT2D eigenvalue weighted by Crippen LogP contribution is -2.26. The summed E-state index contributed by atoms with van der Waals surface area (Å²) >= 11 is 0. The number of aliphatic hydroxyl groups is 1. The first-order valence-corrected chi connectivity index (χ1v) is 12.1. The second kappa shape index (κ2) is 8.32. The van der Waals surface area contributed by atoms with Crippen LogP contribution in [-0.2, 0) is 6.42 Å². The lowest BCUT2D eigenvalue weighted by atomic mass is 9.96. The highest BCUT2D eigenvalue weighted by atomic mass is 19.1. The van der Waals surface area contributed by atoms with Crippen LogP contribution < -0.4 is 0 Å². The number of imidazole rings is 1. The number of phenols is 1. The van der Waals surface area contributed by atoms with Crippen molar-refractivity contribution in [2.45, 2.75) is 38.2 Å². The van der Waals surface area contributed by atoms with E-state index in [-0.39, 0.29) is 11.3 Å². The number of hydrogen-bond donors (Lipinski definition) is 4. The summed E-state index contributed by atoms with van der Waals surface area (Å²) in [6.45, 7) is 4.53. The molecule has 0 atom stereocenters. The maximum Gasteiger partial charge on any atom is 0.159 e. The van der Waals surface area contributed by atoms with Crippen molar-refractivity contribution in [3.63, 3.8) is 0 Å². The van der Waals surface area contributed by atoms with Gasteiger partial charge in [0.15, 0.2) is 11.6 Å². The van der Waals surface area contributed by atoms with Crippen LogP contribution in [0.5, 0.6) is 5.75 Å². The molecule has 180 valence electrons. The number of aryl methyl sites for hydroxylation is 1. The number of phenolic OH excluding ortho intramolecular Hbond substituents is 1. The summed E-state index contributed by atoms with van der Waals surface area (Å²) in [6.07, 6.45) is 7.32. The Bertz CT molecular complexity index is 1450. The Balaban J connectivity index is 1.25. The third-order valence-electron chi connectivity index (χ3n) is 7.29. The van der Waals surface area contributed by atoms with Crippen LogP contribution in [0.1, 0.15) is 37.4 Å². The number of H-pyrrole nitrogens is 2. The van der Waals surface area contributed by atoms with Crippen LogP contribution in [0.4, 0.5) is 4.39 Å². The Labute approximate surface area is 202 Å². The Hall–Kier alpha value is -3.49. The molecule has 3 heterocycles. The molecule has 4 aromatic rings. The van der Waals surface area contributed by atoms with Crippen LogP contribution in [0, 0.1) is 5.82 Å². The first kappa shape index (κ1) is 22.0. The van der Waals surface area contributed by atoms with E-state index in [1.165, 1.54) is 5.57 Å². The average Bonchev–Trinajstić information content (AvgIpc) is 3.29. The van der Waals surface area contributed by atoms with Gasteiger partial charge in [-0.25, -0.2) is 9.37 Å². The quantitative estimate of drug-likeness (QED) is 0.313. The van der Waals surface area contributed by atoms with Gasteiger partial charge in [-0.15, -0.1) is 0 Å². The molecule has 8 heteroatoms. The van der Waals surface area contributed by atoms with Gasteiger partial charge in [-0.05, 0) is 60.6 Å². The van der Waals surface area contributed by atoms with E-state index in [9.17, 15) is 10.2 Å². The second-order valence-electron chi connectivity index (χ2n) is 9.70. The van der Waals surface area contributed by atoms with Crippen molar-refractivity contribution in [3.8, 4) is 28.4 Å². The lowest BCUT2D eigenvalue weighted by Gasteiger charge is -2.17. The van der Waals surface area contributed by atoms with Crippen molar-refractivity contribution in [2.75, 3.05) is 19.6 Å². The van der Waals surface area contributed by atoms with Crippen molar-refractivity contribution in [2.24, 2.45) is 0 Å². The minimum atomic E-state index is -0.429. The maximum atomic E-state index is 15.5. The third-order valence-corrected chi connectivity index (χ3v) is 7.29. The van der Waals surface area contributed by atoms with E-state index in [1.54, 1.807) is 30.5 Å². The van der Waals surface area contributed by atoms with E-state index in [0.29, 0.717) is 28.9 Å². The molecule has 4 N–H and O–H groups in total. The number of benzene rings is 2. The molecule has 1 aliphatic heterocycles. The highest BCUT2D eigenvalue weighted by Gasteiger charge is 2.40. The van der Waals surface area contributed by atoms with Gasteiger partial charge in [0.05, 0.1) is 17.5 Å². The van der Waals surface area contributed by atoms with Gasteiger partial charge in [-0.3, -0.25) is 10.00 Å². The van der Waals surface area contributed by atoms with Crippen molar-refractivity contribution in [3.05, 3.63) is 59.7 Å². The molecule has 0 radical (unpaired) electrons. The number of aromatic amines is 2. The molecule has 35 heavy (non-hydrogen) atoms. The standard InChI is InChI=1S/C27H28FN5O2/c1-2-16-13-18(34)3-4-19(16)20-5-6-21-24(23(20)28)31-32-25(21)26-29-14-22(30-26)17-7-11-33(15-17)12-10-27(35)8-9-27/h3-7,13-14,34-35H,2,8-12,15H2,1H3,(H,29,30)(H,31,32). The van der Waals surface area contributed by atoms with Crippen LogP contribution in [0.2, 0.25) is 0 Å². The summed E-state index contributed by atoms with van der Waals surface area (Å²) in [5.41, 5.74) is 4.66. The average molecular weight is 474 g/mol. The van der Waals surface area contributed by atoms with E-state index >= 15 is 4.39 Å². The van der Waals surface area contributed by atoms with E-state index in [4.69, 9.17) is 0 Å². The number of fused-ring (bicyclic) bond motifs is 1. The predicted molar refractivity (Wildman–Crippen MR) is 133 cm³/mol. The van der Waals surface area contributed by atoms with Crippen molar-refractivity contribution in [1.29, 1.82) is 0 Å². The van der Waals surface area contributed by atoms with Gasteiger partial charge in [0.1, 0.15) is 17.0 Å². The molecule has 0 bridgehead atoms. The Morgan fingerprint density at radius 1 is 1.17 bits per heavy atom. The Morgan fingerprint density at radius 3 is 2.80 bits per heavy atom. The van der Waals surface area contributed by atoms with Crippen LogP contribution in [-0.4, -0.2) is 60.5 Å². The molecule has 0 spiro atoms. The van der Waals surface area contributed by atoms with Crippen LogP contribution in [0.25, 0.3) is 39.1 Å². The first-order valence-electron chi connectivity index (χ1n) is 12.1. The molecule has 6 rings (SSSR count). The maximum absolute atomic E-state index is 15.5. The molecule has 0 amide bonds. The van der Waals surface area contributed by atoms with Gasteiger partial charge in [-0.2, -0.15) is 5.10 Å². The van der Waals surface area contributed by atoms with Gasteiger partial charge >= 0.3 is 0 Å². The number of hydrogen-bond acceptors (Lipinski definition) is 5. The van der Waals surface area contributed by atoms with Crippen LogP contribution >= 0.6 is 0 Å². The second-order valence-corrected chi connectivity index (χ2v) is 9.70. The van der Waals surface area contributed by atoms with Gasteiger partial charge in [-0.1, -0.05) is 25.1 Å². The summed E-state index contributed by atoms with van der Waals surface area (Å²) in [6, 6.07) is 8.61. The molecular weight excluding hydrogens is 445 g/mol. The van der Waals surface area contributed by atoms with Crippen molar-refractivity contribution < 1.29 is 14.6 Å². The number of aromatic hydroxyl groups is 1. The van der Waals surface area contributed by atoms with Gasteiger partial charge < -0.3 is 15.2 Å². The van der Waals surface area contributed by atoms with Crippen LogP contribution in [0.15, 0.2) is 42.6 Å². The summed E-state index contributed by atoms with van der Waals surface area (Å²) in [4.78, 5) is 10.2. The molecular formula is C27H28FN5O2.